The summed E-state index contributed by atoms with van der Waals surface area (Å²) in [6, 6.07) is 4.60. The first kappa shape index (κ1) is 15.9. The van der Waals surface area contributed by atoms with Gasteiger partial charge in [0.05, 0.1) is 25.1 Å². The lowest BCUT2D eigenvalue weighted by atomic mass is 10.1. The van der Waals surface area contributed by atoms with Crippen molar-refractivity contribution in [3.63, 3.8) is 0 Å². The van der Waals surface area contributed by atoms with E-state index in [-0.39, 0.29) is 30.9 Å². The zero-order valence-electron chi connectivity index (χ0n) is 8.88. The molecular weight excluding hydrogens is 467 g/mol. The normalized spacial score (nSPS) is 10.9. The van der Waals surface area contributed by atoms with Gasteiger partial charge in [-0.3, -0.25) is 0 Å². The molecule has 0 fully saturated rings. The largest absolute Gasteiger partial charge is 0.206 e. The summed E-state index contributed by atoms with van der Waals surface area (Å²) in [5.74, 6) is -0.382. The van der Waals surface area contributed by atoms with Gasteiger partial charge in [0.2, 0.25) is 0 Å². The van der Waals surface area contributed by atoms with Crippen molar-refractivity contribution in [1.82, 2.24) is 0 Å². The second kappa shape index (κ2) is 6.12. The van der Waals surface area contributed by atoms with Crippen molar-refractivity contribution < 1.29 is 4.39 Å². The van der Waals surface area contributed by atoms with Crippen molar-refractivity contribution in [2.45, 2.75) is 0 Å². The van der Waals surface area contributed by atoms with E-state index in [2.05, 4.69) is 0 Å². The third kappa shape index (κ3) is 2.94. The van der Waals surface area contributed by atoms with Crippen molar-refractivity contribution >= 4 is 80.6 Å². The standard InChI is InChI=1S/C12H3Cl5FI/c13-8-7(4-1-2-6(19)5(18)3-4)9(14)11(16)12(17)10(8)15/h1-3H. The summed E-state index contributed by atoms with van der Waals surface area (Å²) in [4.78, 5) is 0. The van der Waals surface area contributed by atoms with Crippen LogP contribution in [-0.2, 0) is 0 Å². The van der Waals surface area contributed by atoms with Crippen LogP contribution in [0.4, 0.5) is 4.39 Å². The highest BCUT2D eigenvalue weighted by Crippen LogP contribution is 2.48. The lowest BCUT2D eigenvalue weighted by Crippen LogP contribution is -1.89. The highest BCUT2D eigenvalue weighted by Gasteiger charge is 2.20. The summed E-state index contributed by atoms with van der Waals surface area (Å²) < 4.78 is 14.1. The molecule has 2 rings (SSSR count). The lowest BCUT2D eigenvalue weighted by Gasteiger charge is -2.13. The van der Waals surface area contributed by atoms with Crippen LogP contribution in [0.3, 0.4) is 0 Å². The smallest absolute Gasteiger partial charge is 0.137 e. The minimum absolute atomic E-state index is 0.0769. The lowest BCUT2D eigenvalue weighted by molar-refractivity contribution is 0.621. The molecule has 0 saturated carbocycles. The number of benzene rings is 2. The van der Waals surface area contributed by atoms with Crippen LogP contribution in [0.25, 0.3) is 11.1 Å². The van der Waals surface area contributed by atoms with Gasteiger partial charge < -0.3 is 0 Å². The van der Waals surface area contributed by atoms with Gasteiger partial charge in [-0.25, -0.2) is 4.39 Å². The van der Waals surface area contributed by atoms with Gasteiger partial charge in [0.15, 0.2) is 0 Å². The SMILES string of the molecule is Fc1cc(-c2c(Cl)c(Cl)c(Cl)c(Cl)c2Cl)ccc1I. The molecule has 0 nitrogen and oxygen atoms in total. The maximum absolute atomic E-state index is 13.6. The van der Waals surface area contributed by atoms with E-state index in [4.69, 9.17) is 58.0 Å². The second-order valence-corrected chi connectivity index (χ2v) is 6.63. The average molecular weight is 470 g/mol. The predicted octanol–water partition coefficient (Wildman–Crippen LogP) is 7.36. The Labute approximate surface area is 147 Å². The molecule has 0 aliphatic heterocycles. The van der Waals surface area contributed by atoms with Gasteiger partial charge in [-0.05, 0) is 40.3 Å². The maximum Gasteiger partial charge on any atom is 0.137 e. The number of hydrogen-bond acceptors (Lipinski definition) is 0. The van der Waals surface area contributed by atoms with Crippen molar-refractivity contribution in [2.24, 2.45) is 0 Å². The van der Waals surface area contributed by atoms with Crippen LogP contribution in [0.15, 0.2) is 18.2 Å². The average Bonchev–Trinajstić information content (AvgIpc) is 2.38. The first-order valence-corrected chi connectivity index (χ1v) is 7.78. The number of hydrogen-bond donors (Lipinski definition) is 0. The molecule has 7 heteroatoms. The van der Waals surface area contributed by atoms with E-state index in [9.17, 15) is 4.39 Å². The summed E-state index contributed by atoms with van der Waals surface area (Å²) in [6.45, 7) is 0. The number of rotatable bonds is 1. The van der Waals surface area contributed by atoms with Crippen LogP contribution in [0.5, 0.6) is 0 Å². The topological polar surface area (TPSA) is 0 Å². The molecule has 0 heterocycles. The van der Waals surface area contributed by atoms with Gasteiger partial charge in [0.25, 0.3) is 0 Å². The van der Waals surface area contributed by atoms with E-state index in [0.717, 1.165) is 0 Å². The summed E-state index contributed by atoms with van der Waals surface area (Å²) >= 11 is 32.0. The van der Waals surface area contributed by atoms with E-state index in [1.807, 2.05) is 22.6 Å². The third-order valence-corrected chi connectivity index (χ3v) is 5.57. The highest BCUT2D eigenvalue weighted by atomic mass is 127. The molecule has 2 aromatic carbocycles. The molecule has 100 valence electrons. The molecule has 0 radical (unpaired) electrons. The quantitative estimate of drug-likeness (QED) is 0.232. The van der Waals surface area contributed by atoms with Crippen molar-refractivity contribution in [3.05, 3.63) is 52.7 Å². The third-order valence-electron chi connectivity index (χ3n) is 2.42. The Morgan fingerprint density at radius 3 is 1.74 bits per heavy atom. The highest BCUT2D eigenvalue weighted by molar-refractivity contribution is 14.1. The fraction of sp³-hybridized carbons (Fsp3) is 0. The zero-order chi connectivity index (χ0) is 14.3. The molecule has 0 amide bonds. The van der Waals surface area contributed by atoms with E-state index in [1.165, 1.54) is 6.07 Å². The predicted molar refractivity (Wildman–Crippen MR) is 89.6 cm³/mol. The Morgan fingerprint density at radius 2 is 1.26 bits per heavy atom. The van der Waals surface area contributed by atoms with Crippen LogP contribution in [-0.4, -0.2) is 0 Å². The molecule has 0 aliphatic carbocycles. The van der Waals surface area contributed by atoms with Gasteiger partial charge in [0, 0.05) is 9.13 Å². The molecule has 0 saturated heterocycles. The Kier molecular flexibility index (Phi) is 5.13. The van der Waals surface area contributed by atoms with E-state index >= 15 is 0 Å². The van der Waals surface area contributed by atoms with E-state index in [1.54, 1.807) is 12.1 Å². The van der Waals surface area contributed by atoms with Gasteiger partial charge in [-0.2, -0.15) is 0 Å². The molecule has 0 unspecified atom stereocenters. The van der Waals surface area contributed by atoms with Gasteiger partial charge in [-0.1, -0.05) is 64.1 Å². The molecule has 0 N–H and O–H groups in total. The van der Waals surface area contributed by atoms with Crippen molar-refractivity contribution in [3.8, 4) is 11.1 Å². The Balaban J connectivity index is 2.79. The summed E-state index contributed by atoms with van der Waals surface area (Å²) in [7, 11) is 0. The van der Waals surface area contributed by atoms with Crippen LogP contribution in [0, 0.1) is 9.39 Å². The van der Waals surface area contributed by atoms with Crippen molar-refractivity contribution in [2.75, 3.05) is 0 Å². The fourth-order valence-corrected chi connectivity index (χ4v) is 3.20. The molecule has 0 bridgehead atoms. The summed E-state index contributed by atoms with van der Waals surface area (Å²) in [5, 5.41) is 0.537. The van der Waals surface area contributed by atoms with Gasteiger partial charge in [-0.15, -0.1) is 0 Å². The Bertz CT molecular complexity index is 643. The van der Waals surface area contributed by atoms with Gasteiger partial charge in [0.1, 0.15) is 5.82 Å². The van der Waals surface area contributed by atoms with Crippen LogP contribution in [0.1, 0.15) is 0 Å². The van der Waals surface area contributed by atoms with Gasteiger partial charge >= 0.3 is 0 Å². The Morgan fingerprint density at radius 1 is 0.789 bits per heavy atom. The molecular formula is C12H3Cl5FI. The summed E-state index contributed by atoms with van der Waals surface area (Å²) in [5.41, 5.74) is 0.839. The zero-order valence-corrected chi connectivity index (χ0v) is 14.8. The Hall–Kier alpha value is 0.550. The van der Waals surface area contributed by atoms with Crippen LogP contribution >= 0.6 is 80.6 Å². The minimum atomic E-state index is -0.382. The van der Waals surface area contributed by atoms with E-state index in [0.29, 0.717) is 14.7 Å². The maximum atomic E-state index is 13.6. The molecule has 0 spiro atoms. The van der Waals surface area contributed by atoms with E-state index < -0.39 is 0 Å². The first-order chi connectivity index (χ1) is 8.84. The van der Waals surface area contributed by atoms with Crippen molar-refractivity contribution in [1.29, 1.82) is 0 Å². The van der Waals surface area contributed by atoms with Crippen LogP contribution < -0.4 is 0 Å². The minimum Gasteiger partial charge on any atom is -0.206 e. The fourth-order valence-electron chi connectivity index (χ4n) is 1.51. The monoisotopic (exact) mass is 468 g/mol. The second-order valence-electron chi connectivity index (χ2n) is 3.57. The number of halogens is 7. The molecule has 0 aliphatic rings. The molecule has 2 aromatic rings. The molecule has 0 atom stereocenters. The van der Waals surface area contributed by atoms with Crippen LogP contribution in [0.2, 0.25) is 25.1 Å². The molecule has 19 heavy (non-hydrogen) atoms. The first-order valence-electron chi connectivity index (χ1n) is 4.81. The summed E-state index contributed by atoms with van der Waals surface area (Å²) in [6.07, 6.45) is 0. The molecule has 0 aromatic heterocycles.